The van der Waals surface area contributed by atoms with Gasteiger partial charge in [0.15, 0.2) is 0 Å². The van der Waals surface area contributed by atoms with Gasteiger partial charge >= 0.3 is 0 Å². The van der Waals surface area contributed by atoms with Gasteiger partial charge < -0.3 is 5.32 Å². The molecule has 0 spiro atoms. The normalized spacial score (nSPS) is 18.6. The SMILES string of the molecule is CS(=O)CCCNC(c1ccc(Cl)cc1)C1CC1. The Labute approximate surface area is 117 Å². The molecule has 1 aliphatic carbocycles. The van der Waals surface area contributed by atoms with Gasteiger partial charge in [-0.2, -0.15) is 0 Å². The highest BCUT2D eigenvalue weighted by Crippen LogP contribution is 2.41. The predicted octanol–water partition coefficient (Wildman–Crippen LogP) is 3.15. The lowest BCUT2D eigenvalue weighted by molar-refractivity contribution is 0.481. The fourth-order valence-corrected chi connectivity index (χ4v) is 2.87. The van der Waals surface area contributed by atoms with Crippen LogP contribution in [0.3, 0.4) is 0 Å². The molecule has 1 aromatic carbocycles. The Morgan fingerprint density at radius 2 is 2.06 bits per heavy atom. The summed E-state index contributed by atoms with van der Waals surface area (Å²) in [5.41, 5.74) is 1.32. The van der Waals surface area contributed by atoms with Gasteiger partial charge in [0.1, 0.15) is 0 Å². The second kappa shape index (κ2) is 6.69. The van der Waals surface area contributed by atoms with Crippen molar-refractivity contribution in [2.75, 3.05) is 18.6 Å². The van der Waals surface area contributed by atoms with Gasteiger partial charge in [0.2, 0.25) is 0 Å². The molecule has 0 saturated heterocycles. The minimum Gasteiger partial charge on any atom is -0.310 e. The van der Waals surface area contributed by atoms with E-state index >= 15 is 0 Å². The van der Waals surface area contributed by atoms with E-state index < -0.39 is 10.8 Å². The molecule has 1 fully saturated rings. The van der Waals surface area contributed by atoms with Crippen molar-refractivity contribution in [3.63, 3.8) is 0 Å². The largest absolute Gasteiger partial charge is 0.310 e. The van der Waals surface area contributed by atoms with Crippen molar-refractivity contribution in [3.05, 3.63) is 34.9 Å². The minimum atomic E-state index is -0.680. The molecule has 0 radical (unpaired) electrons. The Kier molecular flexibility index (Phi) is 5.22. The smallest absolute Gasteiger partial charge is 0.0406 e. The Morgan fingerprint density at radius 1 is 1.39 bits per heavy atom. The van der Waals surface area contributed by atoms with Crippen molar-refractivity contribution < 1.29 is 4.21 Å². The lowest BCUT2D eigenvalue weighted by Crippen LogP contribution is -2.25. The first-order valence-corrected chi connectivity index (χ1v) is 8.56. The molecule has 100 valence electrons. The zero-order chi connectivity index (χ0) is 13.0. The molecule has 2 nitrogen and oxygen atoms in total. The zero-order valence-corrected chi connectivity index (χ0v) is 12.3. The van der Waals surface area contributed by atoms with E-state index in [9.17, 15) is 4.21 Å². The van der Waals surface area contributed by atoms with E-state index in [1.54, 1.807) is 6.26 Å². The number of rotatable bonds is 7. The van der Waals surface area contributed by atoms with Crippen molar-refractivity contribution in [2.45, 2.75) is 25.3 Å². The van der Waals surface area contributed by atoms with E-state index in [1.807, 2.05) is 12.1 Å². The average Bonchev–Trinajstić information content (AvgIpc) is 3.15. The van der Waals surface area contributed by atoms with Crippen LogP contribution in [0, 0.1) is 5.92 Å². The van der Waals surface area contributed by atoms with Crippen LogP contribution in [0.5, 0.6) is 0 Å². The summed E-state index contributed by atoms with van der Waals surface area (Å²) in [6.07, 6.45) is 5.34. The summed E-state index contributed by atoms with van der Waals surface area (Å²) in [5, 5.41) is 4.38. The third kappa shape index (κ3) is 4.38. The third-order valence-corrected chi connectivity index (χ3v) is 4.41. The summed E-state index contributed by atoms with van der Waals surface area (Å²) in [5.74, 6) is 1.55. The monoisotopic (exact) mass is 285 g/mol. The van der Waals surface area contributed by atoms with Crippen molar-refractivity contribution >= 4 is 22.4 Å². The van der Waals surface area contributed by atoms with Crippen LogP contribution in [-0.2, 0) is 10.8 Å². The van der Waals surface area contributed by atoms with E-state index in [0.29, 0.717) is 6.04 Å². The first kappa shape index (κ1) is 14.0. The molecule has 4 heteroatoms. The highest BCUT2D eigenvalue weighted by molar-refractivity contribution is 7.84. The molecule has 2 unspecified atom stereocenters. The second-order valence-corrected chi connectivity index (χ2v) is 6.94. The first-order valence-electron chi connectivity index (χ1n) is 6.45. The molecule has 18 heavy (non-hydrogen) atoms. The summed E-state index contributed by atoms with van der Waals surface area (Å²) >= 11 is 5.92. The molecule has 0 aromatic heterocycles. The zero-order valence-electron chi connectivity index (χ0n) is 10.7. The molecule has 0 bridgehead atoms. The Morgan fingerprint density at radius 3 is 2.61 bits per heavy atom. The maximum absolute atomic E-state index is 11.0. The van der Waals surface area contributed by atoms with E-state index in [-0.39, 0.29) is 0 Å². The number of benzene rings is 1. The molecule has 0 amide bonds. The second-order valence-electron chi connectivity index (χ2n) is 4.95. The number of nitrogens with one attached hydrogen (secondary N) is 1. The van der Waals surface area contributed by atoms with Crippen LogP contribution in [0.4, 0.5) is 0 Å². The Bertz CT molecular complexity index is 403. The van der Waals surface area contributed by atoms with E-state index in [4.69, 9.17) is 11.6 Å². The molecule has 1 aliphatic rings. The molecule has 1 saturated carbocycles. The maximum atomic E-state index is 11.0. The van der Waals surface area contributed by atoms with Crippen LogP contribution in [0.15, 0.2) is 24.3 Å². The molecule has 2 rings (SSSR count). The number of hydrogen-bond acceptors (Lipinski definition) is 2. The van der Waals surface area contributed by atoms with Crippen LogP contribution in [0.25, 0.3) is 0 Å². The Balaban J connectivity index is 1.88. The van der Waals surface area contributed by atoms with Crippen molar-refractivity contribution in [1.82, 2.24) is 5.32 Å². The standard InChI is InChI=1S/C14H20ClNOS/c1-18(17)10-2-9-16-14(11-3-4-11)12-5-7-13(15)8-6-12/h5-8,11,14,16H,2-4,9-10H2,1H3. The lowest BCUT2D eigenvalue weighted by Gasteiger charge is -2.18. The van der Waals surface area contributed by atoms with E-state index in [1.165, 1.54) is 18.4 Å². The number of hydrogen-bond donors (Lipinski definition) is 1. The molecular weight excluding hydrogens is 266 g/mol. The highest BCUT2D eigenvalue weighted by atomic mass is 35.5. The van der Waals surface area contributed by atoms with E-state index in [2.05, 4.69) is 17.4 Å². The van der Waals surface area contributed by atoms with Crippen molar-refractivity contribution in [1.29, 1.82) is 0 Å². The summed E-state index contributed by atoms with van der Waals surface area (Å²) in [6, 6.07) is 8.56. The van der Waals surface area contributed by atoms with E-state index in [0.717, 1.165) is 29.7 Å². The fourth-order valence-electron chi connectivity index (χ4n) is 2.19. The summed E-state index contributed by atoms with van der Waals surface area (Å²) in [6.45, 7) is 0.934. The molecule has 2 atom stereocenters. The molecule has 1 N–H and O–H groups in total. The minimum absolute atomic E-state index is 0.438. The highest BCUT2D eigenvalue weighted by Gasteiger charge is 2.31. The van der Waals surface area contributed by atoms with Crippen molar-refractivity contribution in [2.24, 2.45) is 5.92 Å². The van der Waals surface area contributed by atoms with Crippen LogP contribution in [0.2, 0.25) is 5.02 Å². The molecule has 1 aromatic rings. The summed E-state index contributed by atoms with van der Waals surface area (Å²) in [7, 11) is -0.680. The van der Waals surface area contributed by atoms with Gasteiger partial charge in [-0.3, -0.25) is 4.21 Å². The summed E-state index contributed by atoms with van der Waals surface area (Å²) < 4.78 is 11.0. The van der Waals surface area contributed by atoms with Crippen LogP contribution in [-0.4, -0.2) is 22.8 Å². The quantitative estimate of drug-likeness (QED) is 0.780. The van der Waals surface area contributed by atoms with Gasteiger partial charge in [0.25, 0.3) is 0 Å². The van der Waals surface area contributed by atoms with Gasteiger partial charge in [0.05, 0.1) is 0 Å². The fraction of sp³-hybridized carbons (Fsp3) is 0.571. The molecule has 0 aliphatic heterocycles. The van der Waals surface area contributed by atoms with Crippen LogP contribution < -0.4 is 5.32 Å². The Hall–Kier alpha value is -0.380. The first-order chi connectivity index (χ1) is 8.66. The summed E-state index contributed by atoms with van der Waals surface area (Å²) in [4.78, 5) is 0. The van der Waals surface area contributed by atoms with Crippen LogP contribution >= 0.6 is 11.6 Å². The van der Waals surface area contributed by atoms with Gasteiger partial charge in [-0.1, -0.05) is 23.7 Å². The van der Waals surface area contributed by atoms with Crippen molar-refractivity contribution in [3.8, 4) is 0 Å². The lowest BCUT2D eigenvalue weighted by atomic mass is 10.0. The number of halogens is 1. The maximum Gasteiger partial charge on any atom is 0.0406 e. The van der Waals surface area contributed by atoms with Gasteiger partial charge in [-0.15, -0.1) is 0 Å². The molecular formula is C14H20ClNOS. The third-order valence-electron chi connectivity index (χ3n) is 3.30. The van der Waals surface area contributed by atoms with Crippen LogP contribution in [0.1, 0.15) is 30.9 Å². The van der Waals surface area contributed by atoms with Gasteiger partial charge in [-0.25, -0.2) is 0 Å². The predicted molar refractivity (Wildman–Crippen MR) is 78.5 cm³/mol. The molecule has 0 heterocycles. The van der Waals surface area contributed by atoms with Gasteiger partial charge in [0, 0.05) is 33.9 Å². The average molecular weight is 286 g/mol. The van der Waals surface area contributed by atoms with Gasteiger partial charge in [-0.05, 0) is 49.4 Å². The topological polar surface area (TPSA) is 29.1 Å².